The number of hydrogen-bond acceptors (Lipinski definition) is 6. The van der Waals surface area contributed by atoms with Crippen molar-refractivity contribution in [3.8, 4) is 0 Å². The van der Waals surface area contributed by atoms with Gasteiger partial charge in [0.05, 0.1) is 6.54 Å². The molecular formula is C10H21N5OS. The van der Waals surface area contributed by atoms with Crippen LogP contribution in [0.3, 0.4) is 0 Å². The van der Waals surface area contributed by atoms with E-state index in [-0.39, 0.29) is 0 Å². The second kappa shape index (κ2) is 9.38. The Hall–Kier alpha value is -0.660. The summed E-state index contributed by atoms with van der Waals surface area (Å²) in [6.07, 6.45) is 2.16. The van der Waals surface area contributed by atoms with Gasteiger partial charge in [0.15, 0.2) is 0 Å². The Balaban J connectivity index is 2.22. The lowest BCUT2D eigenvalue weighted by atomic mass is 10.5. The van der Waals surface area contributed by atoms with Gasteiger partial charge in [0.2, 0.25) is 5.16 Å². The number of nitrogens with one attached hydrogen (secondary N) is 1. The van der Waals surface area contributed by atoms with Gasteiger partial charge in [0.25, 0.3) is 0 Å². The molecule has 0 radical (unpaired) electrons. The Morgan fingerprint density at radius 1 is 1.41 bits per heavy atom. The van der Waals surface area contributed by atoms with Crippen LogP contribution in [0.2, 0.25) is 0 Å². The fraction of sp³-hybridized carbons (Fsp3) is 0.900. The molecular weight excluding hydrogens is 238 g/mol. The predicted octanol–water partition coefficient (Wildman–Crippen LogP) is 0.801. The Kier molecular flexibility index (Phi) is 7.94. The molecule has 0 amide bonds. The van der Waals surface area contributed by atoms with Crippen molar-refractivity contribution in [3.63, 3.8) is 0 Å². The molecule has 0 saturated carbocycles. The molecule has 0 aliphatic heterocycles. The number of ether oxygens (including phenoxy) is 1. The van der Waals surface area contributed by atoms with Crippen LogP contribution in [-0.4, -0.2) is 52.8 Å². The van der Waals surface area contributed by atoms with Gasteiger partial charge in [0.1, 0.15) is 0 Å². The average molecular weight is 259 g/mol. The summed E-state index contributed by atoms with van der Waals surface area (Å²) >= 11 is 1.68. The number of rotatable bonds is 10. The quantitative estimate of drug-likeness (QED) is 0.495. The van der Waals surface area contributed by atoms with Crippen molar-refractivity contribution in [2.75, 3.05) is 32.6 Å². The van der Waals surface area contributed by atoms with Crippen LogP contribution in [0.5, 0.6) is 0 Å². The second-order valence-electron chi connectivity index (χ2n) is 3.63. The van der Waals surface area contributed by atoms with Gasteiger partial charge in [-0.1, -0.05) is 18.7 Å². The zero-order chi connectivity index (χ0) is 12.3. The molecule has 98 valence electrons. The van der Waals surface area contributed by atoms with Gasteiger partial charge >= 0.3 is 0 Å². The molecule has 0 aliphatic carbocycles. The summed E-state index contributed by atoms with van der Waals surface area (Å²) < 4.78 is 6.85. The third kappa shape index (κ3) is 5.99. The number of tetrazole rings is 1. The Morgan fingerprint density at radius 2 is 2.29 bits per heavy atom. The van der Waals surface area contributed by atoms with E-state index in [0.29, 0.717) is 0 Å². The van der Waals surface area contributed by atoms with Crippen LogP contribution < -0.4 is 5.32 Å². The molecule has 17 heavy (non-hydrogen) atoms. The lowest BCUT2D eigenvalue weighted by Gasteiger charge is -2.05. The average Bonchev–Trinajstić information content (AvgIpc) is 2.78. The molecule has 1 N–H and O–H groups in total. The molecule has 7 heteroatoms. The van der Waals surface area contributed by atoms with E-state index in [1.165, 1.54) is 0 Å². The highest BCUT2D eigenvalue weighted by Crippen LogP contribution is 2.14. The molecule has 0 fully saturated rings. The van der Waals surface area contributed by atoms with E-state index in [1.807, 2.05) is 4.68 Å². The van der Waals surface area contributed by atoms with E-state index in [2.05, 4.69) is 27.8 Å². The topological polar surface area (TPSA) is 64.9 Å². The van der Waals surface area contributed by atoms with Gasteiger partial charge in [-0.15, -0.1) is 5.10 Å². The summed E-state index contributed by atoms with van der Waals surface area (Å²) in [5, 5.41) is 15.9. The maximum Gasteiger partial charge on any atom is 0.209 e. The molecule has 1 aromatic rings. The van der Waals surface area contributed by atoms with Crippen LogP contribution in [0.4, 0.5) is 0 Å². The Bertz CT molecular complexity index is 267. The first-order valence-electron chi connectivity index (χ1n) is 5.97. The molecule has 1 aromatic heterocycles. The highest BCUT2D eigenvalue weighted by molar-refractivity contribution is 7.99. The normalized spacial score (nSPS) is 10.9. The van der Waals surface area contributed by atoms with E-state index >= 15 is 0 Å². The summed E-state index contributed by atoms with van der Waals surface area (Å²) in [5.41, 5.74) is 0. The van der Waals surface area contributed by atoms with Crippen molar-refractivity contribution >= 4 is 11.8 Å². The van der Waals surface area contributed by atoms with Gasteiger partial charge in [-0.2, -0.15) is 0 Å². The monoisotopic (exact) mass is 259 g/mol. The summed E-state index contributed by atoms with van der Waals surface area (Å²) in [7, 11) is 1.72. The molecule has 0 atom stereocenters. The minimum absolute atomic E-state index is 0.784. The van der Waals surface area contributed by atoms with Crippen LogP contribution in [-0.2, 0) is 11.3 Å². The minimum atomic E-state index is 0.784. The Labute approximate surface area is 106 Å². The predicted molar refractivity (Wildman–Crippen MR) is 68.2 cm³/mol. The van der Waals surface area contributed by atoms with Crippen LogP contribution >= 0.6 is 11.8 Å². The minimum Gasteiger partial charge on any atom is -0.385 e. The van der Waals surface area contributed by atoms with Crippen molar-refractivity contribution in [2.24, 2.45) is 0 Å². The van der Waals surface area contributed by atoms with Gasteiger partial charge < -0.3 is 10.1 Å². The molecule has 0 aliphatic rings. The second-order valence-corrected chi connectivity index (χ2v) is 4.69. The van der Waals surface area contributed by atoms with Crippen LogP contribution in [0.1, 0.15) is 19.8 Å². The third-order valence-corrected chi connectivity index (χ3v) is 3.19. The molecule has 1 heterocycles. The first kappa shape index (κ1) is 14.4. The maximum absolute atomic E-state index is 5.00. The first-order valence-corrected chi connectivity index (χ1v) is 6.95. The summed E-state index contributed by atoms with van der Waals surface area (Å²) in [6.45, 7) is 5.70. The third-order valence-electron chi connectivity index (χ3n) is 2.15. The highest BCUT2D eigenvalue weighted by Gasteiger charge is 2.05. The van der Waals surface area contributed by atoms with Gasteiger partial charge in [-0.25, -0.2) is 4.68 Å². The fourth-order valence-corrected chi connectivity index (χ4v) is 2.11. The van der Waals surface area contributed by atoms with E-state index < -0.39 is 0 Å². The molecule has 0 spiro atoms. The SMILES string of the molecule is CCCNCCn1nnnc1SCCCOC. The standard InChI is InChI=1S/C10H21N5OS/c1-3-5-11-6-7-15-10(12-13-14-15)17-9-4-8-16-2/h11H,3-9H2,1-2H3. The number of thioether (sulfide) groups is 1. The van der Waals surface area contributed by atoms with E-state index in [0.717, 1.165) is 50.0 Å². The van der Waals surface area contributed by atoms with Crippen LogP contribution in [0.25, 0.3) is 0 Å². The van der Waals surface area contributed by atoms with Crippen molar-refractivity contribution in [2.45, 2.75) is 31.5 Å². The van der Waals surface area contributed by atoms with Gasteiger partial charge in [0, 0.05) is 26.0 Å². The summed E-state index contributed by atoms with van der Waals surface area (Å²) in [4.78, 5) is 0. The summed E-state index contributed by atoms with van der Waals surface area (Å²) in [5.74, 6) is 0.983. The molecule has 0 aromatic carbocycles. The number of hydrogen-bond donors (Lipinski definition) is 1. The maximum atomic E-state index is 5.00. The molecule has 0 bridgehead atoms. The van der Waals surface area contributed by atoms with E-state index in [1.54, 1.807) is 18.9 Å². The van der Waals surface area contributed by atoms with Crippen molar-refractivity contribution in [3.05, 3.63) is 0 Å². The van der Waals surface area contributed by atoms with Crippen LogP contribution in [0, 0.1) is 0 Å². The first-order chi connectivity index (χ1) is 8.38. The van der Waals surface area contributed by atoms with Gasteiger partial charge in [-0.05, 0) is 29.8 Å². The van der Waals surface area contributed by atoms with Crippen molar-refractivity contribution in [1.82, 2.24) is 25.5 Å². The van der Waals surface area contributed by atoms with E-state index in [9.17, 15) is 0 Å². The smallest absolute Gasteiger partial charge is 0.209 e. The fourth-order valence-electron chi connectivity index (χ4n) is 1.29. The lowest BCUT2D eigenvalue weighted by Crippen LogP contribution is -2.21. The van der Waals surface area contributed by atoms with Crippen LogP contribution in [0.15, 0.2) is 5.16 Å². The van der Waals surface area contributed by atoms with Crippen molar-refractivity contribution < 1.29 is 4.74 Å². The largest absolute Gasteiger partial charge is 0.385 e. The zero-order valence-corrected chi connectivity index (χ0v) is 11.4. The van der Waals surface area contributed by atoms with E-state index in [4.69, 9.17) is 4.74 Å². The lowest BCUT2D eigenvalue weighted by molar-refractivity contribution is 0.200. The number of aromatic nitrogens is 4. The Morgan fingerprint density at radius 3 is 3.06 bits per heavy atom. The zero-order valence-electron chi connectivity index (χ0n) is 10.6. The van der Waals surface area contributed by atoms with Crippen molar-refractivity contribution in [1.29, 1.82) is 0 Å². The van der Waals surface area contributed by atoms with Gasteiger partial charge in [-0.3, -0.25) is 0 Å². The number of methoxy groups -OCH3 is 1. The molecule has 0 unspecified atom stereocenters. The molecule has 6 nitrogen and oxygen atoms in total. The molecule has 1 rings (SSSR count). The summed E-state index contributed by atoms with van der Waals surface area (Å²) in [6, 6.07) is 0. The molecule has 0 saturated heterocycles. The highest BCUT2D eigenvalue weighted by atomic mass is 32.2. The number of nitrogens with zero attached hydrogens (tertiary/aromatic N) is 4.